The van der Waals surface area contributed by atoms with Crippen molar-refractivity contribution in [1.82, 2.24) is 0 Å². The van der Waals surface area contributed by atoms with Gasteiger partial charge in [0.15, 0.2) is 0 Å². The maximum atomic E-state index is 13.8. The molecule has 8 saturated carbocycles. The normalized spacial score (nSPS) is 51.2. The van der Waals surface area contributed by atoms with Crippen LogP contribution < -0.4 is 0 Å². The smallest absolute Gasteiger partial charge is 0.312 e. The summed E-state index contributed by atoms with van der Waals surface area (Å²) in [6.07, 6.45) is 18.0. The minimum absolute atomic E-state index is 0.0649. The van der Waals surface area contributed by atoms with Crippen molar-refractivity contribution >= 4 is 23.5 Å². The van der Waals surface area contributed by atoms with Gasteiger partial charge in [0.25, 0.3) is 0 Å². The molecular weight excluding hydrogens is 640 g/mol. The van der Waals surface area contributed by atoms with Gasteiger partial charge in [-0.05, 0) is 149 Å². The van der Waals surface area contributed by atoms with Crippen molar-refractivity contribution in [3.8, 4) is 0 Å². The van der Waals surface area contributed by atoms with Crippen LogP contribution in [0.2, 0.25) is 0 Å². The van der Waals surface area contributed by atoms with Gasteiger partial charge < -0.3 is 14.2 Å². The number of ether oxygens (including phenoxy) is 3. The zero-order valence-electron chi connectivity index (χ0n) is 32.7. The fraction of sp³-hybridized carbons (Fsp3) is 0.909. The largest absolute Gasteiger partial charge is 0.463 e. The van der Waals surface area contributed by atoms with Crippen LogP contribution in [-0.2, 0) is 33.4 Å². The molecule has 8 rings (SSSR count). The van der Waals surface area contributed by atoms with Gasteiger partial charge >= 0.3 is 11.9 Å². The molecular formula is C44H66O7. The van der Waals surface area contributed by atoms with Gasteiger partial charge in [0.1, 0.15) is 24.8 Å². The topological polar surface area (TPSA) is 96.0 Å². The first kappa shape index (κ1) is 36.2. The number of carbonyl (C=O) groups excluding carboxylic acids is 4. The third kappa shape index (κ3) is 5.10. The Morgan fingerprint density at radius 1 is 0.529 bits per heavy atom. The quantitative estimate of drug-likeness (QED) is 0.184. The molecule has 0 aliphatic heterocycles. The highest BCUT2D eigenvalue weighted by Crippen LogP contribution is 2.74. The molecule has 7 heteroatoms. The maximum Gasteiger partial charge on any atom is 0.312 e. The Labute approximate surface area is 306 Å². The molecule has 12 atom stereocenters. The molecule has 0 aromatic rings. The van der Waals surface area contributed by atoms with Gasteiger partial charge in [0, 0.05) is 23.7 Å². The Balaban J connectivity index is 0.814. The van der Waals surface area contributed by atoms with Crippen LogP contribution in [0.1, 0.15) is 157 Å². The van der Waals surface area contributed by atoms with Gasteiger partial charge in [0.05, 0.1) is 24.0 Å². The number of rotatable bonds is 8. The average Bonchev–Trinajstić information content (AvgIpc) is 3.37. The second-order valence-electron chi connectivity index (χ2n) is 21.2. The summed E-state index contributed by atoms with van der Waals surface area (Å²) in [4.78, 5) is 53.8. The Morgan fingerprint density at radius 2 is 0.922 bits per heavy atom. The van der Waals surface area contributed by atoms with Gasteiger partial charge in [-0.3, -0.25) is 19.2 Å². The van der Waals surface area contributed by atoms with Gasteiger partial charge in [-0.2, -0.15) is 0 Å². The van der Waals surface area contributed by atoms with Crippen LogP contribution >= 0.6 is 0 Å². The van der Waals surface area contributed by atoms with E-state index >= 15 is 0 Å². The van der Waals surface area contributed by atoms with E-state index in [1.54, 1.807) is 0 Å². The number of carbonyl (C=O) groups is 4. The van der Waals surface area contributed by atoms with Gasteiger partial charge in [0.2, 0.25) is 0 Å². The molecule has 0 heterocycles. The van der Waals surface area contributed by atoms with Crippen molar-refractivity contribution in [3.05, 3.63) is 0 Å². The molecule has 0 aromatic heterocycles. The maximum absolute atomic E-state index is 13.8. The third-order valence-electron chi connectivity index (χ3n) is 18.6. The SMILES string of the molecule is C[C@@]12CC[C@@H]3[C@@](CC[C@H]4[C@@]3(C)CCC[C@@]4(C)C(=O)OCCOCCOC(=O)[C@]3(C)CCC[C@@]4(C)[C@@H]5CC[C@@]6(C)C[C@]5(CC[C@@H]43)CC6=O)(CC1=O)C2. The molecule has 8 aliphatic rings. The fourth-order valence-electron chi connectivity index (χ4n) is 16.3. The highest BCUT2D eigenvalue weighted by Gasteiger charge is 2.70. The predicted octanol–water partition coefficient (Wildman–Crippen LogP) is 8.83. The predicted molar refractivity (Wildman–Crippen MR) is 193 cm³/mol. The summed E-state index contributed by atoms with van der Waals surface area (Å²) in [5.74, 6) is 2.34. The lowest BCUT2D eigenvalue weighted by atomic mass is 9.40. The van der Waals surface area contributed by atoms with Crippen molar-refractivity contribution < 1.29 is 33.4 Å². The van der Waals surface area contributed by atoms with Crippen LogP contribution in [0.15, 0.2) is 0 Å². The summed E-state index contributed by atoms with van der Waals surface area (Å²) < 4.78 is 17.7. The molecule has 51 heavy (non-hydrogen) atoms. The number of fused-ring (bicyclic) bond motifs is 6. The van der Waals surface area contributed by atoms with Crippen LogP contribution in [-0.4, -0.2) is 49.9 Å². The van der Waals surface area contributed by atoms with E-state index in [1.165, 1.54) is 0 Å². The highest BCUT2D eigenvalue weighted by atomic mass is 16.6. The molecule has 4 bridgehead atoms. The highest BCUT2D eigenvalue weighted by molar-refractivity contribution is 5.89. The number of esters is 2. The molecule has 0 aromatic carbocycles. The van der Waals surface area contributed by atoms with Gasteiger partial charge in [-0.25, -0.2) is 0 Å². The fourth-order valence-corrected chi connectivity index (χ4v) is 16.3. The van der Waals surface area contributed by atoms with Crippen LogP contribution in [0.4, 0.5) is 0 Å². The molecule has 7 nitrogen and oxygen atoms in total. The summed E-state index contributed by atoms with van der Waals surface area (Å²) in [5, 5.41) is 0. The van der Waals surface area contributed by atoms with E-state index in [9.17, 15) is 19.2 Å². The third-order valence-corrected chi connectivity index (χ3v) is 18.6. The Kier molecular flexibility index (Phi) is 8.43. The summed E-state index contributed by atoms with van der Waals surface area (Å²) >= 11 is 0. The lowest BCUT2D eigenvalue weighted by Gasteiger charge is -2.63. The Hall–Kier alpha value is -1.76. The first-order chi connectivity index (χ1) is 24.0. The lowest BCUT2D eigenvalue weighted by Crippen LogP contribution is -2.58. The zero-order valence-corrected chi connectivity index (χ0v) is 32.7. The van der Waals surface area contributed by atoms with Crippen molar-refractivity contribution in [2.24, 2.45) is 67.0 Å². The molecule has 8 aliphatic carbocycles. The first-order valence-corrected chi connectivity index (χ1v) is 21.0. The summed E-state index contributed by atoms with van der Waals surface area (Å²) in [6, 6.07) is 0. The van der Waals surface area contributed by atoms with E-state index in [1.807, 2.05) is 0 Å². The number of ketones is 2. The summed E-state index contributed by atoms with van der Waals surface area (Å²) in [6.45, 7) is 14.5. The summed E-state index contributed by atoms with van der Waals surface area (Å²) in [5.41, 5.74) is -0.873. The number of hydrogen-bond donors (Lipinski definition) is 0. The zero-order chi connectivity index (χ0) is 36.3. The lowest BCUT2D eigenvalue weighted by molar-refractivity contribution is -0.190. The van der Waals surface area contributed by atoms with Crippen LogP contribution in [0.25, 0.3) is 0 Å². The van der Waals surface area contributed by atoms with Crippen molar-refractivity contribution in [2.75, 3.05) is 26.4 Å². The Bertz CT molecular complexity index is 1380. The molecule has 0 amide bonds. The molecule has 0 N–H and O–H groups in total. The van der Waals surface area contributed by atoms with Crippen molar-refractivity contribution in [3.63, 3.8) is 0 Å². The average molecular weight is 707 g/mol. The standard InChI is InChI=1S/C44H66O7/c1-37-17-9-31-39(3)13-7-15-41(5,29(39)11-19-43(31,27-37)25-33(37)45)35(47)50-23-21-49-22-24-51-36(48)42(6)16-8-14-40(4)30(42)12-20-44-26-34(46)38(2,28-44)18-10-32(40)44/h29-32H,7-28H2,1-6H3/t29-,30-,31-,32-,37-,38-,39+,40+,41+,42+,43-,44-/m0/s1. The minimum Gasteiger partial charge on any atom is -0.463 e. The summed E-state index contributed by atoms with van der Waals surface area (Å²) in [7, 11) is 0. The van der Waals surface area contributed by atoms with Gasteiger partial charge in [-0.15, -0.1) is 0 Å². The van der Waals surface area contributed by atoms with Crippen LogP contribution in [0.3, 0.4) is 0 Å². The van der Waals surface area contributed by atoms with E-state index in [0.29, 0.717) is 23.4 Å². The first-order valence-electron chi connectivity index (χ1n) is 21.0. The Morgan fingerprint density at radius 3 is 1.33 bits per heavy atom. The molecule has 8 fully saturated rings. The van der Waals surface area contributed by atoms with Crippen LogP contribution in [0, 0.1) is 67.0 Å². The van der Waals surface area contributed by atoms with Crippen LogP contribution in [0.5, 0.6) is 0 Å². The number of hydrogen-bond acceptors (Lipinski definition) is 7. The van der Waals surface area contributed by atoms with Crippen molar-refractivity contribution in [2.45, 2.75) is 157 Å². The van der Waals surface area contributed by atoms with E-state index in [0.717, 1.165) is 116 Å². The van der Waals surface area contributed by atoms with E-state index in [-0.39, 0.29) is 82.7 Å². The second kappa shape index (κ2) is 11.9. The van der Waals surface area contributed by atoms with Gasteiger partial charge in [-0.1, -0.05) is 40.5 Å². The van der Waals surface area contributed by atoms with E-state index in [4.69, 9.17) is 14.2 Å². The van der Waals surface area contributed by atoms with E-state index in [2.05, 4.69) is 41.5 Å². The monoisotopic (exact) mass is 706 g/mol. The molecule has 284 valence electrons. The molecule has 0 radical (unpaired) electrons. The molecule has 2 spiro atoms. The van der Waals surface area contributed by atoms with Crippen molar-refractivity contribution in [1.29, 1.82) is 0 Å². The minimum atomic E-state index is -0.513. The number of Topliss-reactive ketones (excluding diaryl/α,β-unsaturated/α-hetero) is 2. The second-order valence-corrected chi connectivity index (χ2v) is 21.2. The van der Waals surface area contributed by atoms with E-state index < -0.39 is 10.8 Å². The molecule has 0 unspecified atom stereocenters. The molecule has 0 saturated heterocycles.